The number of urea groups is 1. The van der Waals surface area contributed by atoms with Crippen molar-refractivity contribution >= 4 is 12.1 Å². The van der Waals surface area contributed by atoms with Gasteiger partial charge in [-0.05, 0) is 13.8 Å². The number of hydrogen-bond donors (Lipinski definition) is 3. The lowest BCUT2D eigenvalue weighted by atomic mass is 10.7. The van der Waals surface area contributed by atoms with E-state index in [2.05, 4.69) is 20.7 Å². The van der Waals surface area contributed by atoms with Gasteiger partial charge < -0.3 is 20.7 Å². The van der Waals surface area contributed by atoms with Crippen molar-refractivity contribution in [1.29, 1.82) is 0 Å². The SMILES string of the molecule is CCNC(=O)NC.CCOC(=O)NC. The van der Waals surface area contributed by atoms with Gasteiger partial charge in [0.15, 0.2) is 0 Å². The summed E-state index contributed by atoms with van der Waals surface area (Å²) in [5.41, 5.74) is 0. The van der Waals surface area contributed by atoms with Crippen molar-refractivity contribution in [3.63, 3.8) is 0 Å². The molecule has 0 aliphatic heterocycles. The summed E-state index contributed by atoms with van der Waals surface area (Å²) in [5, 5.41) is 7.27. The van der Waals surface area contributed by atoms with E-state index in [-0.39, 0.29) is 12.1 Å². The van der Waals surface area contributed by atoms with Gasteiger partial charge >= 0.3 is 12.1 Å². The highest BCUT2D eigenvalue weighted by Gasteiger charge is 1.89. The summed E-state index contributed by atoms with van der Waals surface area (Å²) >= 11 is 0. The van der Waals surface area contributed by atoms with E-state index < -0.39 is 0 Å². The van der Waals surface area contributed by atoms with E-state index >= 15 is 0 Å². The molecule has 0 saturated carbocycles. The number of amides is 3. The second-order valence-electron chi connectivity index (χ2n) is 2.08. The van der Waals surface area contributed by atoms with Gasteiger partial charge in [-0.15, -0.1) is 0 Å². The predicted octanol–water partition coefficient (Wildman–Crippen LogP) is 0.298. The Kier molecular flexibility index (Phi) is 12.4. The van der Waals surface area contributed by atoms with Crippen LogP contribution in [0.5, 0.6) is 0 Å². The third-order valence-electron chi connectivity index (χ3n) is 1.04. The summed E-state index contributed by atoms with van der Waals surface area (Å²) in [4.78, 5) is 20.3. The normalized spacial score (nSPS) is 7.71. The van der Waals surface area contributed by atoms with Crippen LogP contribution >= 0.6 is 0 Å². The van der Waals surface area contributed by atoms with Gasteiger partial charge in [0.25, 0.3) is 0 Å². The minimum Gasteiger partial charge on any atom is -0.450 e. The zero-order valence-corrected chi connectivity index (χ0v) is 9.14. The highest BCUT2D eigenvalue weighted by molar-refractivity contribution is 5.73. The Bertz CT molecular complexity index is 144. The molecule has 3 N–H and O–H groups in total. The molecule has 0 unspecified atom stereocenters. The maximum Gasteiger partial charge on any atom is 0.406 e. The Balaban J connectivity index is 0. The standard InChI is InChI=1S/C4H10N2O.C4H9NO2/c1-3-6-4(7)5-2;1-3-7-4(6)5-2/h3H2,1-2H3,(H2,5,6,7);3H2,1-2H3,(H,5,6). The highest BCUT2D eigenvalue weighted by Crippen LogP contribution is 1.70. The average molecular weight is 205 g/mol. The Morgan fingerprint density at radius 1 is 1.14 bits per heavy atom. The molecule has 14 heavy (non-hydrogen) atoms. The topological polar surface area (TPSA) is 79.5 Å². The lowest BCUT2D eigenvalue weighted by Gasteiger charge is -1.96. The third-order valence-corrected chi connectivity index (χ3v) is 1.04. The second-order valence-corrected chi connectivity index (χ2v) is 2.08. The minimum atomic E-state index is -0.373. The first-order chi connectivity index (χ1) is 6.62. The first-order valence-electron chi connectivity index (χ1n) is 4.42. The van der Waals surface area contributed by atoms with Crippen molar-refractivity contribution in [3.05, 3.63) is 0 Å². The fourth-order valence-electron chi connectivity index (χ4n) is 0.452. The smallest absolute Gasteiger partial charge is 0.406 e. The van der Waals surface area contributed by atoms with Gasteiger partial charge in [-0.3, -0.25) is 0 Å². The van der Waals surface area contributed by atoms with Gasteiger partial charge in [0.1, 0.15) is 0 Å². The molecule has 0 aliphatic carbocycles. The van der Waals surface area contributed by atoms with E-state index in [1.807, 2.05) is 6.92 Å². The van der Waals surface area contributed by atoms with Gasteiger partial charge in [-0.1, -0.05) is 0 Å². The van der Waals surface area contributed by atoms with Crippen molar-refractivity contribution in [1.82, 2.24) is 16.0 Å². The van der Waals surface area contributed by atoms with Crippen LogP contribution in [0.3, 0.4) is 0 Å². The van der Waals surface area contributed by atoms with Crippen LogP contribution in [0, 0.1) is 0 Å². The van der Waals surface area contributed by atoms with Gasteiger partial charge in [0.05, 0.1) is 6.61 Å². The fourth-order valence-corrected chi connectivity index (χ4v) is 0.452. The van der Waals surface area contributed by atoms with E-state index in [1.165, 1.54) is 7.05 Å². The number of rotatable bonds is 2. The molecule has 6 nitrogen and oxygen atoms in total. The monoisotopic (exact) mass is 205 g/mol. The number of carbonyl (C=O) groups is 2. The first-order valence-corrected chi connectivity index (χ1v) is 4.42. The first kappa shape index (κ1) is 15.0. The molecule has 0 aromatic heterocycles. The molecule has 0 fully saturated rings. The van der Waals surface area contributed by atoms with Crippen LogP contribution in [0.1, 0.15) is 13.8 Å². The minimum absolute atomic E-state index is 0.123. The van der Waals surface area contributed by atoms with Crippen molar-refractivity contribution in [2.75, 3.05) is 27.2 Å². The van der Waals surface area contributed by atoms with Crippen molar-refractivity contribution < 1.29 is 14.3 Å². The lowest BCUT2D eigenvalue weighted by Crippen LogP contribution is -2.32. The second kappa shape index (κ2) is 11.5. The fraction of sp³-hybridized carbons (Fsp3) is 0.750. The molecule has 0 rings (SSSR count). The number of hydrogen-bond acceptors (Lipinski definition) is 3. The van der Waals surface area contributed by atoms with Crippen LogP contribution in [-0.2, 0) is 4.74 Å². The molecule has 84 valence electrons. The van der Waals surface area contributed by atoms with Crippen molar-refractivity contribution in [2.24, 2.45) is 0 Å². The number of nitrogens with one attached hydrogen (secondary N) is 3. The molecular weight excluding hydrogens is 186 g/mol. The van der Waals surface area contributed by atoms with Crippen LogP contribution in [0.4, 0.5) is 9.59 Å². The number of ether oxygens (including phenoxy) is 1. The van der Waals surface area contributed by atoms with Crippen LogP contribution in [0.15, 0.2) is 0 Å². The van der Waals surface area contributed by atoms with Crippen LogP contribution in [0.2, 0.25) is 0 Å². The van der Waals surface area contributed by atoms with Gasteiger partial charge in [-0.2, -0.15) is 0 Å². The Labute approximate surface area is 84.4 Å². The van der Waals surface area contributed by atoms with Gasteiger partial charge in [0, 0.05) is 20.6 Å². The molecule has 0 aromatic rings. The molecule has 6 heteroatoms. The summed E-state index contributed by atoms with van der Waals surface area (Å²) in [5.74, 6) is 0. The molecule has 0 saturated heterocycles. The maximum absolute atomic E-state index is 10.2. The zero-order valence-electron chi connectivity index (χ0n) is 9.14. The quantitative estimate of drug-likeness (QED) is 0.606. The summed E-state index contributed by atoms with van der Waals surface area (Å²) < 4.78 is 4.44. The number of alkyl carbamates (subject to hydrolysis) is 1. The summed E-state index contributed by atoms with van der Waals surface area (Å²) in [6.07, 6.45) is -0.373. The molecule has 0 aliphatic rings. The van der Waals surface area contributed by atoms with Gasteiger partial charge in [0.2, 0.25) is 0 Å². The molecule has 0 heterocycles. The number of carbonyl (C=O) groups excluding carboxylic acids is 2. The largest absolute Gasteiger partial charge is 0.450 e. The van der Waals surface area contributed by atoms with Crippen molar-refractivity contribution in [2.45, 2.75) is 13.8 Å². The van der Waals surface area contributed by atoms with Crippen LogP contribution in [0.25, 0.3) is 0 Å². The van der Waals surface area contributed by atoms with Crippen LogP contribution < -0.4 is 16.0 Å². The van der Waals surface area contributed by atoms with E-state index in [1.54, 1.807) is 14.0 Å². The maximum atomic E-state index is 10.2. The highest BCUT2D eigenvalue weighted by atomic mass is 16.5. The Hall–Kier alpha value is -1.46. The summed E-state index contributed by atoms with van der Waals surface area (Å²) in [6, 6.07) is -0.123. The molecule has 0 atom stereocenters. The molecule has 0 bridgehead atoms. The lowest BCUT2D eigenvalue weighted by molar-refractivity contribution is 0.154. The molecule has 3 amide bonds. The summed E-state index contributed by atoms with van der Waals surface area (Å²) in [7, 11) is 3.11. The van der Waals surface area contributed by atoms with E-state index in [4.69, 9.17) is 0 Å². The van der Waals surface area contributed by atoms with E-state index in [0.717, 1.165) is 0 Å². The predicted molar refractivity (Wildman–Crippen MR) is 54.2 cm³/mol. The Morgan fingerprint density at radius 3 is 1.86 bits per heavy atom. The third kappa shape index (κ3) is 13.2. The van der Waals surface area contributed by atoms with E-state index in [9.17, 15) is 9.59 Å². The van der Waals surface area contributed by atoms with Gasteiger partial charge in [-0.25, -0.2) is 9.59 Å². The molecule has 0 radical (unpaired) electrons. The summed E-state index contributed by atoms with van der Waals surface area (Å²) in [6.45, 7) is 4.74. The molecule has 0 spiro atoms. The van der Waals surface area contributed by atoms with Crippen molar-refractivity contribution in [3.8, 4) is 0 Å². The zero-order chi connectivity index (χ0) is 11.4. The Morgan fingerprint density at radius 2 is 1.71 bits per heavy atom. The molecule has 0 aromatic carbocycles. The van der Waals surface area contributed by atoms with E-state index in [0.29, 0.717) is 13.2 Å². The molecular formula is C8H19N3O3. The van der Waals surface area contributed by atoms with Crippen LogP contribution in [-0.4, -0.2) is 39.4 Å². The average Bonchev–Trinajstić information content (AvgIpc) is 2.19.